The Morgan fingerprint density at radius 1 is 1.62 bits per heavy atom. The molecule has 1 nitrogen and oxygen atoms in total. The van der Waals surface area contributed by atoms with E-state index in [2.05, 4.69) is 29.8 Å². The highest BCUT2D eigenvalue weighted by Gasteiger charge is 2.36. The van der Waals surface area contributed by atoms with E-state index in [0.717, 1.165) is 25.2 Å². The normalized spacial score (nSPS) is 29.9. The maximum Gasteiger partial charge on any atom is 0.0693 e. The highest BCUT2D eigenvalue weighted by atomic mass is 32.1. The number of nitriles is 1. The molecule has 0 aromatic carbocycles. The lowest BCUT2D eigenvalue weighted by Crippen LogP contribution is -2.29. The van der Waals surface area contributed by atoms with Gasteiger partial charge in [0.2, 0.25) is 0 Å². The number of hydrogen-bond acceptors (Lipinski definition) is 2. The first kappa shape index (κ1) is 11.7. The monoisotopic (exact) mass is 233 g/mol. The molecule has 0 N–H and O–H groups in total. The topological polar surface area (TPSA) is 23.8 Å². The van der Waals surface area contributed by atoms with Crippen LogP contribution in [0.1, 0.15) is 44.6 Å². The van der Waals surface area contributed by atoms with Gasteiger partial charge < -0.3 is 0 Å². The van der Waals surface area contributed by atoms with Crippen LogP contribution < -0.4 is 0 Å². The maximum atomic E-state index is 9.51. The standard InChI is InChI=1S/C14H19NS/c1-2-12-4-3-6-14(8-12,11-15)9-13-5-7-16-10-13/h5,7,10,12H,2-4,6,8-9H2,1H3. The Labute approximate surface area is 102 Å². The summed E-state index contributed by atoms with van der Waals surface area (Å²) in [5.41, 5.74) is 1.28. The molecule has 16 heavy (non-hydrogen) atoms. The molecule has 1 aromatic rings. The van der Waals surface area contributed by atoms with Gasteiger partial charge in [0.25, 0.3) is 0 Å². The molecule has 1 aromatic heterocycles. The predicted molar refractivity (Wildman–Crippen MR) is 68.3 cm³/mol. The number of nitrogens with zero attached hydrogens (tertiary/aromatic N) is 1. The molecule has 2 atom stereocenters. The molecule has 1 saturated carbocycles. The van der Waals surface area contributed by atoms with Crippen molar-refractivity contribution in [2.45, 2.75) is 45.4 Å². The quantitative estimate of drug-likeness (QED) is 0.759. The van der Waals surface area contributed by atoms with E-state index in [-0.39, 0.29) is 5.41 Å². The minimum atomic E-state index is -0.0694. The second-order valence-corrected chi connectivity index (χ2v) is 5.85. The molecule has 1 heterocycles. The van der Waals surface area contributed by atoms with Crippen molar-refractivity contribution < 1.29 is 0 Å². The van der Waals surface area contributed by atoms with Gasteiger partial charge >= 0.3 is 0 Å². The van der Waals surface area contributed by atoms with Gasteiger partial charge in [-0.05, 0) is 47.6 Å². The number of rotatable bonds is 3. The predicted octanol–water partition coefficient (Wildman–Crippen LogP) is 4.40. The number of thiophene rings is 1. The third kappa shape index (κ3) is 2.47. The van der Waals surface area contributed by atoms with Crippen molar-refractivity contribution in [3.05, 3.63) is 22.4 Å². The van der Waals surface area contributed by atoms with Crippen molar-refractivity contribution in [1.82, 2.24) is 0 Å². The average molecular weight is 233 g/mol. The van der Waals surface area contributed by atoms with E-state index >= 15 is 0 Å². The minimum Gasteiger partial charge on any atom is -0.198 e. The smallest absolute Gasteiger partial charge is 0.0693 e. The van der Waals surface area contributed by atoms with Crippen molar-refractivity contribution in [2.24, 2.45) is 11.3 Å². The Bertz CT molecular complexity index is 363. The summed E-state index contributed by atoms with van der Waals surface area (Å²) < 4.78 is 0. The summed E-state index contributed by atoms with van der Waals surface area (Å²) >= 11 is 1.73. The molecule has 2 unspecified atom stereocenters. The first-order chi connectivity index (χ1) is 7.78. The van der Waals surface area contributed by atoms with Crippen LogP contribution in [0, 0.1) is 22.7 Å². The summed E-state index contributed by atoms with van der Waals surface area (Å²) in [7, 11) is 0. The SMILES string of the molecule is CCC1CCCC(C#N)(Cc2ccsc2)C1. The Morgan fingerprint density at radius 3 is 3.12 bits per heavy atom. The van der Waals surface area contributed by atoms with E-state index in [9.17, 15) is 5.26 Å². The molecular formula is C14H19NS. The van der Waals surface area contributed by atoms with Crippen LogP contribution >= 0.6 is 11.3 Å². The minimum absolute atomic E-state index is 0.0694. The largest absolute Gasteiger partial charge is 0.198 e. The van der Waals surface area contributed by atoms with Crippen molar-refractivity contribution >= 4 is 11.3 Å². The Kier molecular flexibility index (Phi) is 3.66. The summed E-state index contributed by atoms with van der Waals surface area (Å²) in [5.74, 6) is 0.770. The van der Waals surface area contributed by atoms with Gasteiger partial charge in [-0.3, -0.25) is 0 Å². The molecule has 1 fully saturated rings. The lowest BCUT2D eigenvalue weighted by molar-refractivity contribution is 0.194. The Hall–Kier alpha value is -0.810. The van der Waals surface area contributed by atoms with E-state index in [4.69, 9.17) is 0 Å². The van der Waals surface area contributed by atoms with Crippen LogP contribution in [0.25, 0.3) is 0 Å². The van der Waals surface area contributed by atoms with Crippen molar-refractivity contribution in [3.8, 4) is 6.07 Å². The van der Waals surface area contributed by atoms with Crippen LogP contribution in [-0.4, -0.2) is 0 Å². The zero-order valence-corrected chi connectivity index (χ0v) is 10.7. The molecule has 0 aliphatic heterocycles. The summed E-state index contributed by atoms with van der Waals surface area (Å²) in [6, 6.07) is 4.79. The van der Waals surface area contributed by atoms with E-state index in [0.29, 0.717) is 0 Å². The lowest BCUT2D eigenvalue weighted by Gasteiger charge is -2.35. The molecule has 0 spiro atoms. The zero-order chi connectivity index (χ0) is 11.4. The van der Waals surface area contributed by atoms with Gasteiger partial charge in [-0.15, -0.1) is 0 Å². The van der Waals surface area contributed by atoms with E-state index in [1.165, 1.54) is 24.8 Å². The van der Waals surface area contributed by atoms with Crippen LogP contribution in [0.3, 0.4) is 0 Å². The Morgan fingerprint density at radius 2 is 2.50 bits per heavy atom. The fraction of sp³-hybridized carbons (Fsp3) is 0.643. The molecule has 0 amide bonds. The molecule has 1 aliphatic rings. The van der Waals surface area contributed by atoms with Crippen LogP contribution in [0.15, 0.2) is 16.8 Å². The molecule has 0 radical (unpaired) electrons. The van der Waals surface area contributed by atoms with E-state index in [1.807, 2.05) is 0 Å². The molecule has 0 bridgehead atoms. The van der Waals surface area contributed by atoms with Gasteiger partial charge in [-0.2, -0.15) is 16.6 Å². The maximum absolute atomic E-state index is 9.51. The van der Waals surface area contributed by atoms with Gasteiger partial charge in [0.1, 0.15) is 0 Å². The highest BCUT2D eigenvalue weighted by molar-refractivity contribution is 7.07. The van der Waals surface area contributed by atoms with Crippen LogP contribution in [0.4, 0.5) is 0 Å². The van der Waals surface area contributed by atoms with Gasteiger partial charge in [0.05, 0.1) is 11.5 Å². The molecular weight excluding hydrogens is 214 g/mol. The third-order valence-electron chi connectivity index (χ3n) is 3.88. The second kappa shape index (κ2) is 5.01. The first-order valence-corrected chi connectivity index (χ1v) is 7.14. The lowest BCUT2D eigenvalue weighted by atomic mass is 9.67. The first-order valence-electron chi connectivity index (χ1n) is 6.20. The fourth-order valence-electron chi connectivity index (χ4n) is 2.92. The van der Waals surface area contributed by atoms with Gasteiger partial charge in [-0.25, -0.2) is 0 Å². The summed E-state index contributed by atoms with van der Waals surface area (Å²) in [5, 5.41) is 13.8. The molecule has 2 rings (SSSR count). The summed E-state index contributed by atoms with van der Waals surface area (Å²) in [4.78, 5) is 0. The molecule has 86 valence electrons. The van der Waals surface area contributed by atoms with Gasteiger partial charge in [0, 0.05) is 0 Å². The van der Waals surface area contributed by atoms with E-state index < -0.39 is 0 Å². The second-order valence-electron chi connectivity index (χ2n) is 5.07. The van der Waals surface area contributed by atoms with Crippen LogP contribution in [-0.2, 0) is 6.42 Å². The fourth-order valence-corrected chi connectivity index (χ4v) is 3.59. The van der Waals surface area contributed by atoms with Crippen molar-refractivity contribution in [1.29, 1.82) is 5.26 Å². The van der Waals surface area contributed by atoms with Crippen molar-refractivity contribution in [3.63, 3.8) is 0 Å². The third-order valence-corrected chi connectivity index (χ3v) is 4.62. The highest BCUT2D eigenvalue weighted by Crippen LogP contribution is 2.42. The van der Waals surface area contributed by atoms with Crippen LogP contribution in [0.2, 0.25) is 0 Å². The molecule has 0 saturated heterocycles. The van der Waals surface area contributed by atoms with Crippen LogP contribution in [0.5, 0.6) is 0 Å². The average Bonchev–Trinajstić information content (AvgIpc) is 2.82. The Balaban J connectivity index is 2.10. The molecule has 2 heteroatoms. The zero-order valence-electron chi connectivity index (χ0n) is 9.91. The molecule has 1 aliphatic carbocycles. The van der Waals surface area contributed by atoms with Gasteiger partial charge in [0.15, 0.2) is 0 Å². The number of hydrogen-bond donors (Lipinski definition) is 0. The summed E-state index contributed by atoms with van der Waals surface area (Å²) in [6.45, 7) is 2.25. The summed E-state index contributed by atoms with van der Waals surface area (Å²) in [6.07, 6.45) is 6.95. The van der Waals surface area contributed by atoms with Crippen molar-refractivity contribution in [2.75, 3.05) is 0 Å². The van der Waals surface area contributed by atoms with E-state index in [1.54, 1.807) is 11.3 Å². The van der Waals surface area contributed by atoms with Gasteiger partial charge in [-0.1, -0.05) is 26.2 Å².